The number of nitro benzene ring substituents is 1. The first kappa shape index (κ1) is 34.1. The molecule has 3 aromatic carbocycles. The van der Waals surface area contributed by atoms with Gasteiger partial charge in [-0.3, -0.25) is 15.5 Å². The van der Waals surface area contributed by atoms with Gasteiger partial charge in [0, 0.05) is 23.4 Å². The Morgan fingerprint density at radius 3 is 2.53 bits per heavy atom. The van der Waals surface area contributed by atoms with E-state index in [2.05, 4.69) is 21.2 Å². The monoisotopic (exact) mass is 649 g/mol. The van der Waals surface area contributed by atoms with Gasteiger partial charge in [-0.05, 0) is 61.4 Å². The minimum atomic E-state index is -1.23. The van der Waals surface area contributed by atoms with E-state index in [0.29, 0.717) is 52.0 Å². The van der Waals surface area contributed by atoms with Crippen molar-refractivity contribution in [1.29, 1.82) is 0 Å². The number of aliphatic hydroxyl groups excluding tert-OH is 1. The van der Waals surface area contributed by atoms with Crippen LogP contribution >= 0.6 is 0 Å². The molecule has 0 saturated carbocycles. The molecule has 0 aromatic heterocycles. The van der Waals surface area contributed by atoms with Gasteiger partial charge in [0.15, 0.2) is 29.2 Å². The molecule has 0 unspecified atom stereocenters. The third kappa shape index (κ3) is 8.67. The number of carbonyl (C=O) groups is 2. The van der Waals surface area contributed by atoms with E-state index in [4.69, 9.17) is 23.7 Å². The maximum absolute atomic E-state index is 12.5. The quantitative estimate of drug-likeness (QED) is 0.0617. The predicted octanol–water partition coefficient (Wildman–Crippen LogP) is 3.70. The first-order chi connectivity index (χ1) is 22.6. The van der Waals surface area contributed by atoms with Gasteiger partial charge >= 0.3 is 12.0 Å². The molecule has 2 amide bonds. The van der Waals surface area contributed by atoms with Crippen LogP contribution in [0.15, 0.2) is 77.0 Å². The highest BCUT2D eigenvalue weighted by Gasteiger charge is 2.32. The van der Waals surface area contributed by atoms with Gasteiger partial charge < -0.3 is 39.4 Å². The largest absolute Gasteiger partial charge is 0.493 e. The average Bonchev–Trinajstić information content (AvgIpc) is 3.06. The molecule has 4 N–H and O–H groups in total. The van der Waals surface area contributed by atoms with Crippen LogP contribution in [-0.4, -0.2) is 61.9 Å². The van der Waals surface area contributed by atoms with Crippen LogP contribution in [0, 0.1) is 10.1 Å². The van der Waals surface area contributed by atoms with Crippen molar-refractivity contribution in [2.45, 2.75) is 32.7 Å². The van der Waals surface area contributed by atoms with Crippen molar-refractivity contribution >= 4 is 23.9 Å². The maximum Gasteiger partial charge on any atom is 0.337 e. The molecule has 1 aliphatic rings. The van der Waals surface area contributed by atoms with Gasteiger partial charge in [-0.2, -0.15) is 5.10 Å². The Kier molecular flexibility index (Phi) is 11.6. The second-order valence-corrected chi connectivity index (χ2v) is 10.0. The number of urea groups is 1. The number of amides is 2. The molecule has 47 heavy (non-hydrogen) atoms. The summed E-state index contributed by atoms with van der Waals surface area (Å²) >= 11 is 0. The molecule has 4 rings (SSSR count). The van der Waals surface area contributed by atoms with E-state index in [-0.39, 0.29) is 24.5 Å². The van der Waals surface area contributed by atoms with E-state index in [9.17, 15) is 24.8 Å². The van der Waals surface area contributed by atoms with E-state index in [1.165, 1.54) is 32.6 Å². The van der Waals surface area contributed by atoms with Crippen LogP contribution < -0.4 is 35.0 Å². The highest BCUT2D eigenvalue weighted by molar-refractivity contribution is 5.95. The summed E-state index contributed by atoms with van der Waals surface area (Å²) in [5, 5.41) is 30.9. The summed E-state index contributed by atoms with van der Waals surface area (Å²) in [5.74, 6) is 0.888. The molecule has 0 fully saturated rings. The highest BCUT2D eigenvalue weighted by atomic mass is 16.6. The number of hydrazone groups is 1. The number of nitrogens with one attached hydrogen (secondary N) is 3. The summed E-state index contributed by atoms with van der Waals surface area (Å²) < 4.78 is 27.9. The number of rotatable bonds is 15. The van der Waals surface area contributed by atoms with Crippen molar-refractivity contribution < 1.29 is 43.3 Å². The molecule has 15 heteroatoms. The van der Waals surface area contributed by atoms with Gasteiger partial charge in [0.1, 0.15) is 13.2 Å². The van der Waals surface area contributed by atoms with E-state index >= 15 is 0 Å². The van der Waals surface area contributed by atoms with Crippen LogP contribution in [0.25, 0.3) is 0 Å². The van der Waals surface area contributed by atoms with Crippen LogP contribution in [0.5, 0.6) is 23.0 Å². The highest BCUT2D eigenvalue weighted by Crippen LogP contribution is 2.35. The third-order valence-corrected chi connectivity index (χ3v) is 6.86. The molecule has 15 nitrogen and oxygen atoms in total. The molecule has 0 radical (unpaired) electrons. The number of nitrogens with zero attached hydrogens (tertiary/aromatic N) is 2. The molecule has 248 valence electrons. The fourth-order valence-electron chi connectivity index (χ4n) is 4.63. The standard InChI is InChI=1S/C32H35N5O10/c1-5-45-26-15-21(29-28(31(39)44-4)19(2)34-32(40)35-29)11-14-24(26)46-18-27(38)36-33-16-22-7-6-8-25(43-3)30(22)47-17-20-9-12-23(13-10-20)37(41)42/h6-16,27,29,36,38H,5,17-18H2,1-4H3,(H2,34,35,40)/b33-16+/t27-,29-/m1/s1. The summed E-state index contributed by atoms with van der Waals surface area (Å²) in [6, 6.07) is 14.9. The SMILES string of the molecule is CCOc1cc([C@H]2NC(=O)NC(C)=C2C(=O)OC)ccc1OC[C@@H](O)N/N=C/c1cccc(OC)c1OCc1ccc([N+](=O)[O-])cc1. The number of hydrogen-bond donors (Lipinski definition) is 4. The fraction of sp³-hybridized carbons (Fsp3) is 0.281. The predicted molar refractivity (Wildman–Crippen MR) is 169 cm³/mol. The zero-order chi connectivity index (χ0) is 33.9. The molecular weight excluding hydrogens is 614 g/mol. The number of methoxy groups -OCH3 is 2. The Balaban J connectivity index is 1.41. The molecule has 1 heterocycles. The van der Waals surface area contributed by atoms with Gasteiger partial charge in [0.05, 0.1) is 43.6 Å². The lowest BCUT2D eigenvalue weighted by atomic mass is 9.95. The van der Waals surface area contributed by atoms with Gasteiger partial charge in [0.25, 0.3) is 5.69 Å². The van der Waals surface area contributed by atoms with Crippen LogP contribution in [0.2, 0.25) is 0 Å². The molecule has 0 aliphatic carbocycles. The molecule has 0 saturated heterocycles. The topological polar surface area (TPSA) is 192 Å². The van der Waals surface area contributed by atoms with Crippen LogP contribution in [0.4, 0.5) is 10.5 Å². The first-order valence-electron chi connectivity index (χ1n) is 14.4. The summed E-state index contributed by atoms with van der Waals surface area (Å²) in [4.78, 5) is 35.1. The van der Waals surface area contributed by atoms with Gasteiger partial charge in [0.2, 0.25) is 0 Å². The molecule has 3 aromatic rings. The second kappa shape index (κ2) is 15.9. The minimum absolute atomic E-state index is 0.0208. The molecular formula is C32H35N5O10. The van der Waals surface area contributed by atoms with Crippen molar-refractivity contribution in [3.63, 3.8) is 0 Å². The van der Waals surface area contributed by atoms with E-state index in [0.717, 1.165) is 0 Å². The van der Waals surface area contributed by atoms with Gasteiger partial charge in [-0.1, -0.05) is 12.1 Å². The Bertz CT molecular complexity index is 1660. The van der Waals surface area contributed by atoms with E-state index in [1.54, 1.807) is 62.4 Å². The fourth-order valence-corrected chi connectivity index (χ4v) is 4.63. The number of esters is 1. The third-order valence-electron chi connectivity index (χ3n) is 6.86. The Morgan fingerprint density at radius 1 is 1.09 bits per heavy atom. The Labute approximate surface area is 270 Å². The Morgan fingerprint density at radius 2 is 1.85 bits per heavy atom. The Hall–Kier alpha value is -5.83. The molecule has 0 spiro atoms. The smallest absolute Gasteiger partial charge is 0.337 e. The van der Waals surface area contributed by atoms with Crippen molar-refractivity contribution in [1.82, 2.24) is 16.1 Å². The van der Waals surface area contributed by atoms with Crippen LogP contribution in [0.3, 0.4) is 0 Å². The van der Waals surface area contributed by atoms with Crippen LogP contribution in [-0.2, 0) is 16.1 Å². The summed E-state index contributed by atoms with van der Waals surface area (Å²) in [6.07, 6.45) is 0.217. The summed E-state index contributed by atoms with van der Waals surface area (Å²) in [7, 11) is 2.76. The van der Waals surface area contributed by atoms with Gasteiger partial charge in [-0.25, -0.2) is 9.59 Å². The number of nitro groups is 1. The lowest BCUT2D eigenvalue weighted by Crippen LogP contribution is -2.45. The number of para-hydroxylation sites is 1. The van der Waals surface area contributed by atoms with Crippen molar-refractivity contribution in [3.8, 4) is 23.0 Å². The molecule has 0 bridgehead atoms. The first-order valence-corrected chi connectivity index (χ1v) is 14.4. The number of non-ortho nitro benzene ring substituents is 1. The lowest BCUT2D eigenvalue weighted by molar-refractivity contribution is -0.384. The summed E-state index contributed by atoms with van der Waals surface area (Å²) in [5.41, 5.74) is 5.01. The molecule has 1 aliphatic heterocycles. The van der Waals surface area contributed by atoms with Crippen LogP contribution in [0.1, 0.15) is 36.6 Å². The second-order valence-electron chi connectivity index (χ2n) is 10.0. The number of carbonyl (C=O) groups excluding carboxylic acids is 2. The van der Waals surface area contributed by atoms with Crippen molar-refractivity contribution in [2.24, 2.45) is 5.10 Å². The van der Waals surface area contributed by atoms with Crippen molar-refractivity contribution in [3.05, 3.63) is 98.7 Å². The normalized spacial score (nSPS) is 14.9. The zero-order valence-corrected chi connectivity index (χ0v) is 26.1. The van der Waals surface area contributed by atoms with E-state index < -0.39 is 29.2 Å². The summed E-state index contributed by atoms with van der Waals surface area (Å²) in [6.45, 7) is 3.61. The number of allylic oxidation sites excluding steroid dienone is 1. The number of ether oxygens (including phenoxy) is 5. The average molecular weight is 650 g/mol. The number of aliphatic hydroxyl groups is 1. The van der Waals surface area contributed by atoms with Crippen molar-refractivity contribution in [2.75, 3.05) is 27.4 Å². The number of benzene rings is 3. The van der Waals surface area contributed by atoms with E-state index in [1.807, 2.05) is 0 Å². The molecule has 2 atom stereocenters. The minimum Gasteiger partial charge on any atom is -0.493 e. The zero-order valence-electron chi connectivity index (χ0n) is 26.1. The van der Waals surface area contributed by atoms with Gasteiger partial charge in [-0.15, -0.1) is 0 Å². The number of hydrogen-bond acceptors (Lipinski definition) is 12. The lowest BCUT2D eigenvalue weighted by Gasteiger charge is -2.28. The maximum atomic E-state index is 12.5.